The van der Waals surface area contributed by atoms with Crippen LogP contribution in [0.3, 0.4) is 0 Å². The molecule has 0 bridgehead atoms. The molecule has 1 aromatic carbocycles. The van der Waals surface area contributed by atoms with Crippen molar-refractivity contribution in [2.24, 2.45) is 0 Å². The lowest BCUT2D eigenvalue weighted by Crippen LogP contribution is -2.52. The number of carbonyl (C=O) groups is 1. The molecule has 19 heavy (non-hydrogen) atoms. The SMILES string of the molecule is COc1cccc(C(=O)NNC(=S)NC(C)(C)C)c1. The highest BCUT2D eigenvalue weighted by molar-refractivity contribution is 7.80. The van der Waals surface area contributed by atoms with Crippen molar-refractivity contribution in [3.63, 3.8) is 0 Å². The molecule has 0 unspecified atom stereocenters. The number of methoxy groups -OCH3 is 1. The first-order chi connectivity index (χ1) is 8.81. The number of carbonyl (C=O) groups excluding carboxylic acids is 1. The molecule has 0 saturated heterocycles. The van der Waals surface area contributed by atoms with Gasteiger partial charge in [-0.2, -0.15) is 0 Å². The Bertz CT molecular complexity index is 469. The zero-order valence-electron chi connectivity index (χ0n) is 11.5. The van der Waals surface area contributed by atoms with Crippen LogP contribution in [-0.2, 0) is 0 Å². The molecular weight excluding hydrogens is 262 g/mol. The molecule has 0 aliphatic rings. The molecule has 6 heteroatoms. The van der Waals surface area contributed by atoms with Crippen LogP contribution in [0.25, 0.3) is 0 Å². The predicted octanol–water partition coefficient (Wildman–Crippen LogP) is 1.60. The maximum Gasteiger partial charge on any atom is 0.269 e. The molecule has 0 atom stereocenters. The second-order valence-electron chi connectivity index (χ2n) is 5.02. The first-order valence-electron chi connectivity index (χ1n) is 5.84. The molecule has 0 aliphatic carbocycles. The van der Waals surface area contributed by atoms with E-state index < -0.39 is 0 Å². The molecule has 0 aliphatic heterocycles. The molecule has 0 radical (unpaired) electrons. The minimum absolute atomic E-state index is 0.162. The normalized spacial score (nSPS) is 10.5. The molecule has 0 spiro atoms. The fraction of sp³-hybridized carbons (Fsp3) is 0.385. The van der Waals surface area contributed by atoms with Crippen molar-refractivity contribution >= 4 is 23.2 Å². The smallest absolute Gasteiger partial charge is 0.269 e. The van der Waals surface area contributed by atoms with E-state index in [1.807, 2.05) is 20.8 Å². The van der Waals surface area contributed by atoms with Gasteiger partial charge in [0.1, 0.15) is 5.75 Å². The number of amides is 1. The third-order valence-corrected chi connectivity index (χ3v) is 2.31. The third kappa shape index (κ3) is 5.56. The number of hydrogen-bond acceptors (Lipinski definition) is 3. The Morgan fingerprint density at radius 2 is 1.95 bits per heavy atom. The van der Waals surface area contributed by atoms with Gasteiger partial charge in [-0.15, -0.1) is 0 Å². The summed E-state index contributed by atoms with van der Waals surface area (Å²) in [5.41, 5.74) is 5.51. The molecule has 0 fully saturated rings. The third-order valence-electron chi connectivity index (χ3n) is 2.11. The Labute approximate surface area is 118 Å². The number of hydrogen-bond donors (Lipinski definition) is 3. The molecular formula is C13H19N3O2S. The van der Waals surface area contributed by atoms with Crippen LogP contribution in [0.15, 0.2) is 24.3 Å². The van der Waals surface area contributed by atoms with E-state index in [1.165, 1.54) is 0 Å². The topological polar surface area (TPSA) is 62.4 Å². The quantitative estimate of drug-likeness (QED) is 0.568. The van der Waals surface area contributed by atoms with Crippen molar-refractivity contribution in [2.75, 3.05) is 7.11 Å². The van der Waals surface area contributed by atoms with E-state index in [0.29, 0.717) is 16.4 Å². The highest BCUT2D eigenvalue weighted by Crippen LogP contribution is 2.11. The van der Waals surface area contributed by atoms with E-state index >= 15 is 0 Å². The summed E-state index contributed by atoms with van der Waals surface area (Å²) in [6.45, 7) is 5.93. The van der Waals surface area contributed by atoms with Crippen molar-refractivity contribution in [1.29, 1.82) is 0 Å². The van der Waals surface area contributed by atoms with E-state index in [2.05, 4.69) is 16.2 Å². The van der Waals surface area contributed by atoms with Crippen LogP contribution in [0, 0.1) is 0 Å². The van der Waals surface area contributed by atoms with Gasteiger partial charge in [0.15, 0.2) is 5.11 Å². The summed E-state index contributed by atoms with van der Waals surface area (Å²) in [5, 5.41) is 3.39. The Morgan fingerprint density at radius 1 is 1.26 bits per heavy atom. The molecule has 5 nitrogen and oxygen atoms in total. The van der Waals surface area contributed by atoms with Crippen molar-refractivity contribution in [3.8, 4) is 5.75 Å². The van der Waals surface area contributed by atoms with E-state index in [4.69, 9.17) is 17.0 Å². The monoisotopic (exact) mass is 281 g/mol. The second-order valence-corrected chi connectivity index (χ2v) is 5.42. The first kappa shape index (κ1) is 15.2. The lowest BCUT2D eigenvalue weighted by atomic mass is 10.1. The van der Waals surface area contributed by atoms with Crippen molar-refractivity contribution in [2.45, 2.75) is 26.3 Å². The minimum Gasteiger partial charge on any atom is -0.497 e. The van der Waals surface area contributed by atoms with Crippen LogP contribution >= 0.6 is 12.2 Å². The number of benzene rings is 1. The standard InChI is InChI=1S/C13H19N3O2S/c1-13(2,3)14-12(19)16-15-11(17)9-6-5-7-10(8-9)18-4/h5-8H,1-4H3,(H,15,17)(H2,14,16,19). The fourth-order valence-corrected chi connectivity index (χ4v) is 1.68. The van der Waals surface area contributed by atoms with Gasteiger partial charge in [0.05, 0.1) is 7.11 Å². The molecule has 0 saturated carbocycles. The van der Waals surface area contributed by atoms with Crippen LogP contribution in [0.1, 0.15) is 31.1 Å². The van der Waals surface area contributed by atoms with Gasteiger partial charge in [-0.25, -0.2) is 0 Å². The summed E-state index contributed by atoms with van der Waals surface area (Å²) >= 11 is 5.06. The summed E-state index contributed by atoms with van der Waals surface area (Å²) in [7, 11) is 1.55. The number of nitrogens with one attached hydrogen (secondary N) is 3. The first-order valence-corrected chi connectivity index (χ1v) is 6.25. The highest BCUT2D eigenvalue weighted by atomic mass is 32.1. The van der Waals surface area contributed by atoms with E-state index in [0.717, 1.165) is 0 Å². The van der Waals surface area contributed by atoms with Gasteiger partial charge >= 0.3 is 0 Å². The van der Waals surface area contributed by atoms with E-state index in [1.54, 1.807) is 31.4 Å². The van der Waals surface area contributed by atoms with Crippen LogP contribution in [-0.4, -0.2) is 23.7 Å². The maximum atomic E-state index is 11.9. The van der Waals surface area contributed by atoms with Crippen molar-refractivity contribution in [1.82, 2.24) is 16.2 Å². The van der Waals surface area contributed by atoms with Gasteiger partial charge in [0, 0.05) is 11.1 Å². The summed E-state index contributed by atoms with van der Waals surface area (Å²) in [6, 6.07) is 6.87. The predicted molar refractivity (Wildman–Crippen MR) is 79.1 cm³/mol. The average Bonchev–Trinajstić information content (AvgIpc) is 2.34. The van der Waals surface area contributed by atoms with Crippen LogP contribution in [0.2, 0.25) is 0 Å². The Kier molecular flexibility index (Phi) is 5.11. The van der Waals surface area contributed by atoms with Gasteiger partial charge in [-0.3, -0.25) is 15.6 Å². The summed E-state index contributed by atoms with van der Waals surface area (Å²) in [6.07, 6.45) is 0. The van der Waals surface area contributed by atoms with Crippen LogP contribution < -0.4 is 20.9 Å². The second kappa shape index (κ2) is 6.38. The van der Waals surface area contributed by atoms with Gasteiger partial charge in [-0.05, 0) is 51.2 Å². The van der Waals surface area contributed by atoms with Crippen LogP contribution in [0.4, 0.5) is 0 Å². The zero-order chi connectivity index (χ0) is 14.5. The lowest BCUT2D eigenvalue weighted by molar-refractivity contribution is 0.0943. The highest BCUT2D eigenvalue weighted by Gasteiger charge is 2.12. The Morgan fingerprint density at radius 3 is 2.53 bits per heavy atom. The summed E-state index contributed by atoms with van der Waals surface area (Å²) < 4.78 is 5.06. The van der Waals surface area contributed by atoms with Crippen molar-refractivity contribution in [3.05, 3.63) is 29.8 Å². The molecule has 0 aromatic heterocycles. The largest absolute Gasteiger partial charge is 0.497 e. The van der Waals surface area contributed by atoms with Crippen molar-refractivity contribution < 1.29 is 9.53 Å². The number of thiocarbonyl (C=S) groups is 1. The van der Waals surface area contributed by atoms with E-state index in [9.17, 15) is 4.79 Å². The van der Waals surface area contributed by atoms with Gasteiger partial charge in [0.25, 0.3) is 5.91 Å². The van der Waals surface area contributed by atoms with Gasteiger partial charge in [0.2, 0.25) is 0 Å². The fourth-order valence-electron chi connectivity index (χ4n) is 1.32. The number of rotatable bonds is 2. The van der Waals surface area contributed by atoms with E-state index in [-0.39, 0.29) is 11.4 Å². The summed E-state index contributed by atoms with van der Waals surface area (Å²) in [4.78, 5) is 11.9. The van der Waals surface area contributed by atoms with Gasteiger partial charge < -0.3 is 10.1 Å². The van der Waals surface area contributed by atoms with Crippen LogP contribution in [0.5, 0.6) is 5.75 Å². The maximum absolute atomic E-state index is 11.9. The summed E-state index contributed by atoms with van der Waals surface area (Å²) in [5.74, 6) is 0.347. The Hall–Kier alpha value is -1.82. The number of hydrazine groups is 1. The molecule has 104 valence electrons. The average molecular weight is 281 g/mol. The Balaban J connectivity index is 2.53. The zero-order valence-corrected chi connectivity index (χ0v) is 12.4. The molecule has 1 rings (SSSR count). The molecule has 1 amide bonds. The minimum atomic E-state index is -0.281. The van der Waals surface area contributed by atoms with Gasteiger partial charge in [-0.1, -0.05) is 6.07 Å². The molecule has 3 N–H and O–H groups in total. The number of ether oxygens (including phenoxy) is 1. The molecule has 0 heterocycles. The molecule has 1 aromatic rings. The lowest BCUT2D eigenvalue weighted by Gasteiger charge is -2.23.